The molecule has 0 aromatic heterocycles. The van der Waals surface area contributed by atoms with Gasteiger partial charge in [-0.15, -0.1) is 0 Å². The van der Waals surface area contributed by atoms with Gasteiger partial charge in [0.15, 0.2) is 0 Å². The van der Waals surface area contributed by atoms with Crippen LogP contribution in [0.5, 0.6) is 0 Å². The van der Waals surface area contributed by atoms with E-state index in [1.165, 1.54) is 25.7 Å². The Labute approximate surface area is 92.8 Å². The molecule has 0 spiro atoms. The van der Waals surface area contributed by atoms with Gasteiger partial charge in [-0.1, -0.05) is 25.7 Å². The molecule has 0 aromatic carbocycles. The first-order chi connectivity index (χ1) is 7.06. The van der Waals surface area contributed by atoms with E-state index >= 15 is 0 Å². The summed E-state index contributed by atoms with van der Waals surface area (Å²) < 4.78 is 0. The molecule has 3 heteroatoms. The highest BCUT2D eigenvalue weighted by Crippen LogP contribution is 2.19. The van der Waals surface area contributed by atoms with Crippen LogP contribution in [0, 0.1) is 5.41 Å². The molecule has 0 radical (unpaired) electrons. The molecule has 15 heavy (non-hydrogen) atoms. The Morgan fingerprint density at radius 3 is 2.27 bits per heavy atom. The highest BCUT2D eigenvalue weighted by Gasteiger charge is 2.27. The molecular formula is C12H24N2O. The Balaban J connectivity index is 2.42. The van der Waals surface area contributed by atoms with Crippen LogP contribution in [-0.4, -0.2) is 18.5 Å². The lowest BCUT2D eigenvalue weighted by Crippen LogP contribution is -2.46. The predicted octanol–water partition coefficient (Wildman–Crippen LogP) is 1.81. The van der Waals surface area contributed by atoms with Crippen LogP contribution in [-0.2, 0) is 4.79 Å². The molecule has 3 N–H and O–H groups in total. The average molecular weight is 212 g/mol. The molecule has 1 aliphatic carbocycles. The van der Waals surface area contributed by atoms with Gasteiger partial charge in [0.05, 0.1) is 5.41 Å². The normalized spacial score (nSPS) is 19.7. The lowest BCUT2D eigenvalue weighted by molar-refractivity contribution is -0.129. The molecule has 88 valence electrons. The topological polar surface area (TPSA) is 55.1 Å². The number of hydrogen-bond donors (Lipinski definition) is 2. The summed E-state index contributed by atoms with van der Waals surface area (Å²) >= 11 is 0. The van der Waals surface area contributed by atoms with E-state index in [0.29, 0.717) is 12.6 Å². The maximum atomic E-state index is 11.9. The molecule has 1 amide bonds. The zero-order chi connectivity index (χ0) is 11.3. The molecule has 1 fully saturated rings. The summed E-state index contributed by atoms with van der Waals surface area (Å²) in [6.07, 6.45) is 7.38. The zero-order valence-electron chi connectivity index (χ0n) is 10.0. The molecule has 0 saturated heterocycles. The fourth-order valence-electron chi connectivity index (χ4n) is 1.90. The summed E-state index contributed by atoms with van der Waals surface area (Å²) in [6.45, 7) is 4.21. The van der Waals surface area contributed by atoms with Gasteiger partial charge in [-0.2, -0.15) is 0 Å². The minimum atomic E-state index is -0.424. The van der Waals surface area contributed by atoms with Gasteiger partial charge in [0.1, 0.15) is 0 Å². The number of carbonyl (C=O) groups is 1. The molecule has 1 rings (SSSR count). The molecule has 0 aromatic rings. The van der Waals surface area contributed by atoms with E-state index in [0.717, 1.165) is 12.8 Å². The second-order valence-electron chi connectivity index (χ2n) is 5.25. The zero-order valence-corrected chi connectivity index (χ0v) is 10.0. The molecular weight excluding hydrogens is 188 g/mol. The Morgan fingerprint density at radius 2 is 1.80 bits per heavy atom. The van der Waals surface area contributed by atoms with E-state index in [2.05, 4.69) is 5.32 Å². The highest BCUT2D eigenvalue weighted by atomic mass is 16.2. The molecule has 1 saturated carbocycles. The Morgan fingerprint density at radius 1 is 1.27 bits per heavy atom. The highest BCUT2D eigenvalue weighted by molar-refractivity contribution is 5.82. The van der Waals surface area contributed by atoms with Crippen LogP contribution in [0.1, 0.15) is 52.4 Å². The summed E-state index contributed by atoms with van der Waals surface area (Å²) in [6, 6.07) is 0.380. The maximum absolute atomic E-state index is 11.9. The third-order valence-corrected chi connectivity index (χ3v) is 3.32. The molecule has 0 aliphatic heterocycles. The van der Waals surface area contributed by atoms with E-state index in [-0.39, 0.29) is 5.91 Å². The Kier molecular flexibility index (Phi) is 4.58. The van der Waals surface area contributed by atoms with Crippen molar-refractivity contribution in [2.24, 2.45) is 11.1 Å². The SMILES string of the molecule is CC(C)(CN)C(=O)NC1CCCCCC1. The second-order valence-corrected chi connectivity index (χ2v) is 5.25. The average Bonchev–Trinajstić information content (AvgIpc) is 2.46. The molecule has 3 nitrogen and oxygen atoms in total. The maximum Gasteiger partial charge on any atom is 0.227 e. The van der Waals surface area contributed by atoms with Gasteiger partial charge in [0.2, 0.25) is 5.91 Å². The fraction of sp³-hybridized carbons (Fsp3) is 0.917. The van der Waals surface area contributed by atoms with Gasteiger partial charge in [-0.3, -0.25) is 4.79 Å². The van der Waals surface area contributed by atoms with E-state index in [1.54, 1.807) is 0 Å². The van der Waals surface area contributed by atoms with Crippen molar-refractivity contribution >= 4 is 5.91 Å². The number of nitrogens with one attached hydrogen (secondary N) is 1. The van der Waals surface area contributed by atoms with Crippen molar-refractivity contribution in [2.45, 2.75) is 58.4 Å². The number of amides is 1. The number of hydrogen-bond acceptors (Lipinski definition) is 2. The van der Waals surface area contributed by atoms with Crippen LogP contribution in [0.2, 0.25) is 0 Å². The summed E-state index contributed by atoms with van der Waals surface area (Å²) in [7, 11) is 0. The van der Waals surface area contributed by atoms with Crippen LogP contribution < -0.4 is 11.1 Å². The van der Waals surface area contributed by atoms with Crippen molar-refractivity contribution in [3.63, 3.8) is 0 Å². The predicted molar refractivity (Wildman–Crippen MR) is 62.5 cm³/mol. The van der Waals surface area contributed by atoms with Crippen molar-refractivity contribution in [2.75, 3.05) is 6.54 Å². The van der Waals surface area contributed by atoms with Crippen molar-refractivity contribution in [3.8, 4) is 0 Å². The molecule has 0 bridgehead atoms. The van der Waals surface area contributed by atoms with Crippen LogP contribution >= 0.6 is 0 Å². The number of nitrogens with two attached hydrogens (primary N) is 1. The number of rotatable bonds is 3. The largest absolute Gasteiger partial charge is 0.353 e. The first-order valence-corrected chi connectivity index (χ1v) is 6.07. The molecule has 0 heterocycles. The fourth-order valence-corrected chi connectivity index (χ4v) is 1.90. The van der Waals surface area contributed by atoms with Gasteiger partial charge >= 0.3 is 0 Å². The summed E-state index contributed by atoms with van der Waals surface area (Å²) in [5.74, 6) is 0.108. The van der Waals surface area contributed by atoms with Crippen LogP contribution in [0.4, 0.5) is 0 Å². The lowest BCUT2D eigenvalue weighted by Gasteiger charge is -2.25. The van der Waals surface area contributed by atoms with Crippen LogP contribution in [0.15, 0.2) is 0 Å². The third-order valence-electron chi connectivity index (χ3n) is 3.32. The van der Waals surface area contributed by atoms with Crippen LogP contribution in [0.3, 0.4) is 0 Å². The van der Waals surface area contributed by atoms with Crippen molar-refractivity contribution in [1.29, 1.82) is 0 Å². The van der Waals surface area contributed by atoms with E-state index < -0.39 is 5.41 Å². The van der Waals surface area contributed by atoms with Gasteiger partial charge < -0.3 is 11.1 Å². The monoisotopic (exact) mass is 212 g/mol. The van der Waals surface area contributed by atoms with Gasteiger partial charge in [-0.05, 0) is 26.7 Å². The second kappa shape index (κ2) is 5.50. The van der Waals surface area contributed by atoms with Gasteiger partial charge in [0.25, 0.3) is 0 Å². The molecule has 0 unspecified atom stereocenters. The minimum absolute atomic E-state index is 0.108. The first-order valence-electron chi connectivity index (χ1n) is 6.07. The van der Waals surface area contributed by atoms with Crippen molar-refractivity contribution in [1.82, 2.24) is 5.32 Å². The third kappa shape index (κ3) is 3.82. The Hall–Kier alpha value is -0.570. The smallest absolute Gasteiger partial charge is 0.227 e. The number of carbonyl (C=O) groups excluding carboxylic acids is 1. The van der Waals surface area contributed by atoms with Gasteiger partial charge in [0, 0.05) is 12.6 Å². The summed E-state index contributed by atoms with van der Waals surface area (Å²) in [5.41, 5.74) is 5.16. The van der Waals surface area contributed by atoms with Crippen molar-refractivity contribution < 1.29 is 4.79 Å². The van der Waals surface area contributed by atoms with E-state index in [1.807, 2.05) is 13.8 Å². The van der Waals surface area contributed by atoms with Crippen molar-refractivity contribution in [3.05, 3.63) is 0 Å². The van der Waals surface area contributed by atoms with E-state index in [4.69, 9.17) is 5.73 Å². The quantitative estimate of drug-likeness (QED) is 0.701. The first kappa shape index (κ1) is 12.5. The summed E-state index contributed by atoms with van der Waals surface area (Å²) in [4.78, 5) is 11.9. The van der Waals surface area contributed by atoms with Gasteiger partial charge in [-0.25, -0.2) is 0 Å². The molecule has 0 atom stereocenters. The molecule has 1 aliphatic rings. The minimum Gasteiger partial charge on any atom is -0.353 e. The van der Waals surface area contributed by atoms with E-state index in [9.17, 15) is 4.79 Å². The summed E-state index contributed by atoms with van der Waals surface area (Å²) in [5, 5.41) is 3.13. The van der Waals surface area contributed by atoms with Crippen LogP contribution in [0.25, 0.3) is 0 Å². The standard InChI is InChI=1S/C12H24N2O/c1-12(2,9-13)11(15)14-10-7-5-3-4-6-8-10/h10H,3-9,13H2,1-2H3,(H,14,15). The Bertz CT molecular complexity index is 206. The lowest BCUT2D eigenvalue weighted by atomic mass is 9.92.